The number of anilines is 2. The van der Waals surface area contributed by atoms with Crippen molar-refractivity contribution in [1.82, 2.24) is 13.6 Å². The highest BCUT2D eigenvalue weighted by Crippen LogP contribution is 2.36. The van der Waals surface area contributed by atoms with Gasteiger partial charge in [0, 0.05) is 26.7 Å². The Balaban J connectivity index is 1.87. The van der Waals surface area contributed by atoms with Gasteiger partial charge in [0.05, 0.1) is 0 Å². The molecule has 1 unspecified atom stereocenters. The molecule has 0 aliphatic carbocycles. The number of nitrogens with zero attached hydrogens (tertiary/aromatic N) is 3. The van der Waals surface area contributed by atoms with Crippen LogP contribution in [0, 0.1) is 5.92 Å². The lowest BCUT2D eigenvalue weighted by atomic mass is 9.84. The summed E-state index contributed by atoms with van der Waals surface area (Å²) in [5.74, 6) is 0.686. The van der Waals surface area contributed by atoms with Crippen molar-refractivity contribution in [3.05, 3.63) is 0 Å². The maximum absolute atomic E-state index is 12.4. The van der Waals surface area contributed by atoms with Crippen LogP contribution in [-0.4, -0.2) is 61.8 Å². The SMILES string of the molecule is CN(C)S(=O)(=O)c1c(N)nsc1NC1CN2CCC1CC2. The number of fused-ring (bicyclic) bond motifs is 3. The van der Waals surface area contributed by atoms with Gasteiger partial charge in [0.15, 0.2) is 10.7 Å². The Hall–Kier alpha value is -0.900. The van der Waals surface area contributed by atoms with Crippen LogP contribution in [-0.2, 0) is 10.0 Å². The van der Waals surface area contributed by atoms with E-state index in [1.165, 1.54) is 31.2 Å². The largest absolute Gasteiger partial charge is 0.382 e. The first kappa shape index (κ1) is 15.0. The van der Waals surface area contributed by atoms with Crippen molar-refractivity contribution < 1.29 is 8.42 Å². The molecule has 7 nitrogen and oxygen atoms in total. The van der Waals surface area contributed by atoms with E-state index in [9.17, 15) is 8.42 Å². The Labute approximate surface area is 129 Å². The summed E-state index contributed by atoms with van der Waals surface area (Å²) in [4.78, 5) is 2.54. The van der Waals surface area contributed by atoms with Crippen molar-refractivity contribution in [3.8, 4) is 0 Å². The number of rotatable bonds is 4. The van der Waals surface area contributed by atoms with Gasteiger partial charge in [-0.25, -0.2) is 12.7 Å². The van der Waals surface area contributed by atoms with Crippen LogP contribution >= 0.6 is 11.5 Å². The molecule has 1 aromatic rings. The predicted molar refractivity (Wildman–Crippen MR) is 84.0 cm³/mol. The molecule has 0 amide bonds. The van der Waals surface area contributed by atoms with E-state index < -0.39 is 10.0 Å². The number of hydrogen-bond acceptors (Lipinski definition) is 7. The molecule has 1 aromatic heterocycles. The van der Waals surface area contributed by atoms with E-state index in [0.717, 1.165) is 31.2 Å². The standard InChI is InChI=1S/C12H21N5O2S2/c1-16(2)21(18,19)10-11(13)15-20-12(10)14-9-7-17-5-3-8(9)4-6-17/h8-9,14H,3-7H2,1-2H3,(H2,13,15). The van der Waals surface area contributed by atoms with Gasteiger partial charge in [-0.2, -0.15) is 4.37 Å². The highest BCUT2D eigenvalue weighted by Gasteiger charge is 2.36. The van der Waals surface area contributed by atoms with Crippen molar-refractivity contribution in [3.63, 3.8) is 0 Å². The van der Waals surface area contributed by atoms with Crippen molar-refractivity contribution in [2.45, 2.75) is 23.8 Å². The van der Waals surface area contributed by atoms with Gasteiger partial charge in [0.2, 0.25) is 10.0 Å². The molecule has 21 heavy (non-hydrogen) atoms. The van der Waals surface area contributed by atoms with Crippen molar-refractivity contribution in [2.24, 2.45) is 5.92 Å². The zero-order valence-electron chi connectivity index (χ0n) is 12.2. The van der Waals surface area contributed by atoms with Crippen LogP contribution in [0.1, 0.15) is 12.8 Å². The molecule has 4 heterocycles. The lowest BCUT2D eigenvalue weighted by Crippen LogP contribution is -2.53. The Morgan fingerprint density at radius 2 is 2.05 bits per heavy atom. The van der Waals surface area contributed by atoms with Gasteiger partial charge in [0.1, 0.15) is 5.00 Å². The minimum Gasteiger partial charge on any atom is -0.382 e. The summed E-state index contributed by atoms with van der Waals surface area (Å²) < 4.78 is 30.0. The quantitative estimate of drug-likeness (QED) is 0.834. The van der Waals surface area contributed by atoms with E-state index in [-0.39, 0.29) is 16.8 Å². The molecule has 0 spiro atoms. The fraction of sp³-hybridized carbons (Fsp3) is 0.750. The molecule has 3 aliphatic rings. The summed E-state index contributed by atoms with van der Waals surface area (Å²) in [7, 11) is -0.570. The van der Waals surface area contributed by atoms with Crippen LogP contribution in [0.25, 0.3) is 0 Å². The molecule has 0 aromatic carbocycles. The first-order chi connectivity index (χ1) is 9.89. The van der Waals surface area contributed by atoms with Gasteiger partial charge in [-0.05, 0) is 43.4 Å². The Bertz CT molecular complexity index is 620. The van der Waals surface area contributed by atoms with E-state index in [1.807, 2.05) is 0 Å². The highest BCUT2D eigenvalue weighted by molar-refractivity contribution is 7.89. The van der Waals surface area contributed by atoms with Gasteiger partial charge in [-0.1, -0.05) is 0 Å². The third-order valence-electron chi connectivity index (χ3n) is 4.39. The number of hydrogen-bond donors (Lipinski definition) is 2. The molecule has 118 valence electrons. The minimum atomic E-state index is -3.58. The van der Waals surface area contributed by atoms with E-state index in [0.29, 0.717) is 10.9 Å². The zero-order chi connectivity index (χ0) is 15.2. The van der Waals surface area contributed by atoms with E-state index in [1.54, 1.807) is 0 Å². The summed E-state index contributed by atoms with van der Waals surface area (Å²) in [6.07, 6.45) is 2.34. The van der Waals surface area contributed by atoms with Gasteiger partial charge in [-0.3, -0.25) is 0 Å². The number of sulfonamides is 1. The first-order valence-electron chi connectivity index (χ1n) is 7.06. The van der Waals surface area contributed by atoms with Gasteiger partial charge >= 0.3 is 0 Å². The predicted octanol–water partition coefficient (Wildman–Crippen LogP) is 0.482. The molecule has 0 radical (unpaired) electrons. The van der Waals surface area contributed by atoms with E-state index in [4.69, 9.17) is 5.73 Å². The second-order valence-electron chi connectivity index (χ2n) is 5.90. The van der Waals surface area contributed by atoms with Crippen LogP contribution in [0.5, 0.6) is 0 Å². The molecule has 2 bridgehead atoms. The smallest absolute Gasteiger partial charge is 0.249 e. The summed E-state index contributed by atoms with van der Waals surface area (Å²) in [5, 5.41) is 3.96. The van der Waals surface area contributed by atoms with Crippen LogP contribution in [0.2, 0.25) is 0 Å². The molecule has 3 fully saturated rings. The van der Waals surface area contributed by atoms with Crippen LogP contribution < -0.4 is 11.1 Å². The first-order valence-corrected chi connectivity index (χ1v) is 9.27. The molecular weight excluding hydrogens is 310 g/mol. The van der Waals surface area contributed by atoms with Gasteiger partial charge in [-0.15, -0.1) is 0 Å². The number of aromatic nitrogens is 1. The van der Waals surface area contributed by atoms with Crippen molar-refractivity contribution in [1.29, 1.82) is 0 Å². The Morgan fingerprint density at radius 1 is 1.38 bits per heavy atom. The van der Waals surface area contributed by atoms with Crippen LogP contribution in [0.4, 0.5) is 10.8 Å². The van der Waals surface area contributed by atoms with E-state index in [2.05, 4.69) is 14.6 Å². The van der Waals surface area contributed by atoms with Crippen molar-refractivity contribution in [2.75, 3.05) is 44.8 Å². The fourth-order valence-electron chi connectivity index (χ4n) is 3.11. The third-order valence-corrected chi connectivity index (χ3v) is 7.20. The second-order valence-corrected chi connectivity index (χ2v) is 8.76. The average Bonchev–Trinajstić information content (AvgIpc) is 2.81. The molecule has 9 heteroatoms. The summed E-state index contributed by atoms with van der Waals surface area (Å²) >= 11 is 1.13. The summed E-state index contributed by atoms with van der Waals surface area (Å²) in [5.41, 5.74) is 5.79. The lowest BCUT2D eigenvalue weighted by Gasteiger charge is -2.45. The molecule has 1 atom stereocenters. The van der Waals surface area contributed by atoms with Gasteiger partial charge < -0.3 is 16.0 Å². The minimum absolute atomic E-state index is 0.0810. The monoisotopic (exact) mass is 331 g/mol. The topological polar surface area (TPSA) is 91.6 Å². The fourth-order valence-corrected chi connectivity index (χ4v) is 5.24. The maximum Gasteiger partial charge on any atom is 0.249 e. The average molecular weight is 331 g/mol. The number of piperidine rings is 3. The van der Waals surface area contributed by atoms with Gasteiger partial charge in [0.25, 0.3) is 0 Å². The van der Waals surface area contributed by atoms with Crippen molar-refractivity contribution >= 4 is 32.4 Å². The second kappa shape index (κ2) is 5.38. The Kier molecular flexibility index (Phi) is 3.85. The molecule has 3 saturated heterocycles. The number of nitrogens with one attached hydrogen (secondary N) is 1. The van der Waals surface area contributed by atoms with Crippen LogP contribution in [0.3, 0.4) is 0 Å². The number of nitrogens with two attached hydrogens (primary N) is 1. The molecule has 3 N–H and O–H groups in total. The lowest BCUT2D eigenvalue weighted by molar-refractivity contribution is 0.0976. The van der Waals surface area contributed by atoms with E-state index >= 15 is 0 Å². The molecule has 3 aliphatic heterocycles. The molecular formula is C12H21N5O2S2. The normalized spacial score (nSPS) is 29.0. The summed E-state index contributed by atoms with van der Waals surface area (Å²) in [6.45, 7) is 3.26. The number of nitrogen functional groups attached to an aromatic ring is 1. The zero-order valence-corrected chi connectivity index (χ0v) is 13.9. The van der Waals surface area contributed by atoms with Crippen LogP contribution in [0.15, 0.2) is 4.90 Å². The molecule has 0 saturated carbocycles. The molecule has 4 rings (SSSR count). The maximum atomic E-state index is 12.4. The third kappa shape index (κ3) is 2.63. The highest BCUT2D eigenvalue weighted by atomic mass is 32.2. The Morgan fingerprint density at radius 3 is 2.57 bits per heavy atom. The summed E-state index contributed by atoms with van der Waals surface area (Å²) in [6, 6.07) is 0.281.